The summed E-state index contributed by atoms with van der Waals surface area (Å²) in [4.78, 5) is 4.29. The van der Waals surface area contributed by atoms with E-state index in [4.69, 9.17) is 27.9 Å². The molecule has 0 aliphatic carbocycles. The predicted octanol–water partition coefficient (Wildman–Crippen LogP) is 6.18. The Hall–Kier alpha value is -1.29. The lowest BCUT2D eigenvalue weighted by Crippen LogP contribution is -1.94. The van der Waals surface area contributed by atoms with Crippen molar-refractivity contribution in [2.75, 3.05) is 0 Å². The van der Waals surface area contributed by atoms with Crippen molar-refractivity contribution in [3.05, 3.63) is 63.7 Å². The van der Waals surface area contributed by atoms with Crippen LogP contribution in [0.15, 0.2) is 53.1 Å². The third-order valence-electron chi connectivity index (χ3n) is 3.07. The topological polar surface area (TPSA) is 22.1 Å². The van der Waals surface area contributed by atoms with E-state index in [0.717, 1.165) is 20.8 Å². The molecule has 106 valence electrons. The number of hydrogen-bond donors (Lipinski definition) is 0. The number of halogens is 3. The van der Waals surface area contributed by atoms with Crippen molar-refractivity contribution >= 4 is 49.9 Å². The van der Waals surface area contributed by atoms with Gasteiger partial charge in [-0.3, -0.25) is 0 Å². The second-order valence-electron chi connectivity index (χ2n) is 4.44. The van der Waals surface area contributed by atoms with Gasteiger partial charge in [-0.1, -0.05) is 35.9 Å². The number of ether oxygens (including phenoxy) is 1. The van der Waals surface area contributed by atoms with Crippen molar-refractivity contribution < 1.29 is 4.74 Å². The van der Waals surface area contributed by atoms with Crippen molar-refractivity contribution in [2.24, 2.45) is 0 Å². The van der Waals surface area contributed by atoms with Crippen LogP contribution < -0.4 is 4.74 Å². The first-order valence-electron chi connectivity index (χ1n) is 6.24. The van der Waals surface area contributed by atoms with Crippen LogP contribution in [0, 0.1) is 0 Å². The van der Waals surface area contributed by atoms with Crippen LogP contribution in [0.5, 0.6) is 11.6 Å². The number of benzene rings is 2. The van der Waals surface area contributed by atoms with Crippen LogP contribution >= 0.6 is 39.1 Å². The Morgan fingerprint density at radius 3 is 2.62 bits per heavy atom. The Labute approximate surface area is 140 Å². The molecule has 2 nitrogen and oxygen atoms in total. The van der Waals surface area contributed by atoms with E-state index in [1.54, 1.807) is 6.20 Å². The van der Waals surface area contributed by atoms with E-state index in [9.17, 15) is 0 Å². The highest BCUT2D eigenvalue weighted by Crippen LogP contribution is 2.35. The van der Waals surface area contributed by atoms with Gasteiger partial charge in [-0.2, -0.15) is 0 Å². The van der Waals surface area contributed by atoms with Gasteiger partial charge in [0, 0.05) is 32.0 Å². The van der Waals surface area contributed by atoms with Gasteiger partial charge in [0.1, 0.15) is 5.75 Å². The summed E-state index contributed by atoms with van der Waals surface area (Å²) in [5.41, 5.74) is 0.824. The van der Waals surface area contributed by atoms with Crippen LogP contribution in [0.4, 0.5) is 0 Å². The molecule has 3 aromatic rings. The van der Waals surface area contributed by atoms with E-state index in [2.05, 4.69) is 20.9 Å². The maximum absolute atomic E-state index is 6.21. The smallest absolute Gasteiger partial charge is 0.223 e. The van der Waals surface area contributed by atoms with E-state index in [-0.39, 0.29) is 0 Å². The van der Waals surface area contributed by atoms with Gasteiger partial charge in [0.25, 0.3) is 0 Å². The van der Waals surface area contributed by atoms with E-state index in [1.165, 1.54) is 0 Å². The monoisotopic (exact) mass is 381 g/mol. The third-order valence-corrected chi connectivity index (χ3v) is 4.12. The zero-order valence-electron chi connectivity index (χ0n) is 10.8. The molecular formula is C16H10BrCl2NO. The van der Waals surface area contributed by atoms with Gasteiger partial charge in [-0.25, -0.2) is 4.98 Å². The number of pyridine rings is 1. The Kier molecular flexibility index (Phi) is 4.34. The number of alkyl halides is 1. The van der Waals surface area contributed by atoms with Crippen molar-refractivity contribution in [3.63, 3.8) is 0 Å². The fourth-order valence-corrected chi connectivity index (χ4v) is 2.88. The minimum absolute atomic E-state index is 0.327. The van der Waals surface area contributed by atoms with Crippen LogP contribution in [-0.4, -0.2) is 4.98 Å². The molecule has 0 aliphatic rings. The molecule has 0 N–H and O–H groups in total. The number of fused-ring (bicyclic) bond motifs is 1. The highest BCUT2D eigenvalue weighted by atomic mass is 79.9. The molecule has 1 aromatic heterocycles. The Morgan fingerprint density at radius 1 is 1.10 bits per heavy atom. The Balaban J connectivity index is 2.09. The lowest BCUT2D eigenvalue weighted by atomic mass is 10.1. The molecule has 0 unspecified atom stereocenters. The average Bonchev–Trinajstić information content (AvgIpc) is 2.52. The van der Waals surface area contributed by atoms with Gasteiger partial charge >= 0.3 is 0 Å². The zero-order valence-corrected chi connectivity index (χ0v) is 13.9. The summed E-state index contributed by atoms with van der Waals surface area (Å²) in [6, 6.07) is 13.4. The van der Waals surface area contributed by atoms with Crippen molar-refractivity contribution in [3.8, 4) is 11.6 Å². The molecule has 0 spiro atoms. The Morgan fingerprint density at radius 2 is 1.86 bits per heavy atom. The van der Waals surface area contributed by atoms with E-state index in [1.807, 2.05) is 42.5 Å². The minimum Gasteiger partial charge on any atom is -0.438 e. The summed E-state index contributed by atoms with van der Waals surface area (Å²) in [5.74, 6) is 1.53. The van der Waals surface area contributed by atoms with Gasteiger partial charge in [-0.15, -0.1) is 11.6 Å². The number of hydrogen-bond acceptors (Lipinski definition) is 2. The maximum Gasteiger partial charge on any atom is 0.223 e. The van der Waals surface area contributed by atoms with Gasteiger partial charge < -0.3 is 4.74 Å². The standard InChI is InChI=1S/C16H10BrCl2NO/c17-11-7-10(8-18)16(20-9-11)21-15-6-5-14(19)12-3-1-2-4-13(12)15/h1-7,9H,8H2. The first-order chi connectivity index (χ1) is 10.2. The number of aromatic nitrogens is 1. The minimum atomic E-state index is 0.327. The largest absolute Gasteiger partial charge is 0.438 e. The third kappa shape index (κ3) is 3.00. The maximum atomic E-state index is 6.21. The fourth-order valence-electron chi connectivity index (χ4n) is 2.08. The normalized spacial score (nSPS) is 10.8. The second kappa shape index (κ2) is 6.22. The van der Waals surface area contributed by atoms with Gasteiger partial charge in [0.2, 0.25) is 5.88 Å². The lowest BCUT2D eigenvalue weighted by molar-refractivity contribution is 0.463. The van der Waals surface area contributed by atoms with Crippen LogP contribution in [0.3, 0.4) is 0 Å². The first-order valence-corrected chi connectivity index (χ1v) is 7.95. The summed E-state index contributed by atoms with van der Waals surface area (Å²) >= 11 is 15.5. The molecule has 1 heterocycles. The Bertz CT molecular complexity index is 807. The molecule has 0 atom stereocenters. The summed E-state index contributed by atoms with van der Waals surface area (Å²) < 4.78 is 6.82. The molecule has 0 fully saturated rings. The van der Waals surface area contributed by atoms with Crippen molar-refractivity contribution in [1.82, 2.24) is 4.98 Å². The quantitative estimate of drug-likeness (QED) is 0.504. The molecular weight excluding hydrogens is 373 g/mol. The van der Waals surface area contributed by atoms with E-state index in [0.29, 0.717) is 22.5 Å². The molecule has 5 heteroatoms. The molecule has 21 heavy (non-hydrogen) atoms. The van der Waals surface area contributed by atoms with Crippen LogP contribution in [-0.2, 0) is 5.88 Å². The van der Waals surface area contributed by atoms with Gasteiger partial charge in [0.05, 0.1) is 5.88 Å². The van der Waals surface area contributed by atoms with Crippen LogP contribution in [0.25, 0.3) is 10.8 Å². The fraction of sp³-hybridized carbons (Fsp3) is 0.0625. The molecule has 3 rings (SSSR count). The predicted molar refractivity (Wildman–Crippen MR) is 90.5 cm³/mol. The molecule has 0 bridgehead atoms. The lowest BCUT2D eigenvalue weighted by Gasteiger charge is -2.11. The summed E-state index contributed by atoms with van der Waals surface area (Å²) in [5, 5.41) is 2.58. The molecule has 0 saturated heterocycles. The molecule has 0 amide bonds. The van der Waals surface area contributed by atoms with Crippen molar-refractivity contribution in [1.29, 1.82) is 0 Å². The second-order valence-corrected chi connectivity index (χ2v) is 6.03. The van der Waals surface area contributed by atoms with Crippen LogP contribution in [0.2, 0.25) is 5.02 Å². The van der Waals surface area contributed by atoms with Crippen molar-refractivity contribution in [2.45, 2.75) is 5.88 Å². The average molecular weight is 383 g/mol. The molecule has 2 aromatic carbocycles. The van der Waals surface area contributed by atoms with Crippen LogP contribution in [0.1, 0.15) is 5.56 Å². The zero-order chi connectivity index (χ0) is 14.8. The SMILES string of the molecule is ClCc1cc(Br)cnc1Oc1ccc(Cl)c2ccccc12. The summed E-state index contributed by atoms with van der Waals surface area (Å²) in [7, 11) is 0. The molecule has 0 saturated carbocycles. The summed E-state index contributed by atoms with van der Waals surface area (Å²) in [6.07, 6.45) is 1.68. The highest BCUT2D eigenvalue weighted by Gasteiger charge is 2.10. The summed E-state index contributed by atoms with van der Waals surface area (Å²) in [6.45, 7) is 0. The highest BCUT2D eigenvalue weighted by molar-refractivity contribution is 9.10. The van der Waals surface area contributed by atoms with Gasteiger partial charge in [-0.05, 0) is 34.1 Å². The van der Waals surface area contributed by atoms with Gasteiger partial charge in [0.15, 0.2) is 0 Å². The number of nitrogens with zero attached hydrogens (tertiary/aromatic N) is 1. The van der Waals surface area contributed by atoms with E-state index >= 15 is 0 Å². The van der Waals surface area contributed by atoms with E-state index < -0.39 is 0 Å². The number of rotatable bonds is 3. The first kappa shape index (κ1) is 14.6. The molecule has 0 radical (unpaired) electrons. The molecule has 0 aliphatic heterocycles.